The molecule has 5 heteroatoms. The van der Waals surface area contributed by atoms with Crippen LogP contribution in [0.4, 0.5) is 4.39 Å². The van der Waals surface area contributed by atoms with Gasteiger partial charge in [-0.2, -0.15) is 0 Å². The molecule has 25 heavy (non-hydrogen) atoms. The van der Waals surface area contributed by atoms with Crippen LogP contribution in [0.2, 0.25) is 0 Å². The summed E-state index contributed by atoms with van der Waals surface area (Å²) < 4.78 is 13.2. The fourth-order valence-electron chi connectivity index (χ4n) is 4.25. The van der Waals surface area contributed by atoms with Gasteiger partial charge in [0.05, 0.1) is 6.54 Å². The highest BCUT2D eigenvalue weighted by atomic mass is 19.1. The molecule has 2 fully saturated rings. The molecule has 0 saturated heterocycles. The van der Waals surface area contributed by atoms with E-state index in [1.807, 2.05) is 12.1 Å². The molecule has 0 spiro atoms. The van der Waals surface area contributed by atoms with Crippen molar-refractivity contribution in [3.63, 3.8) is 0 Å². The van der Waals surface area contributed by atoms with E-state index in [-0.39, 0.29) is 35.5 Å². The summed E-state index contributed by atoms with van der Waals surface area (Å²) in [5, 5.41) is 5.74. The lowest BCUT2D eigenvalue weighted by atomic mass is 9.79. The molecule has 0 aliphatic heterocycles. The molecule has 0 bridgehead atoms. The summed E-state index contributed by atoms with van der Waals surface area (Å²) in [5.41, 5.74) is 0.973. The van der Waals surface area contributed by atoms with Crippen LogP contribution in [-0.2, 0) is 15.0 Å². The molecular formula is C20H27FN2O2. The van der Waals surface area contributed by atoms with Gasteiger partial charge >= 0.3 is 0 Å². The van der Waals surface area contributed by atoms with Gasteiger partial charge in [0.1, 0.15) is 5.82 Å². The summed E-state index contributed by atoms with van der Waals surface area (Å²) in [6.45, 7) is 0.575. The fourth-order valence-corrected chi connectivity index (χ4v) is 4.25. The molecule has 136 valence electrons. The molecule has 0 radical (unpaired) electrons. The largest absolute Gasteiger partial charge is 0.354 e. The minimum absolute atomic E-state index is 0.00163. The maximum Gasteiger partial charge on any atom is 0.239 e. The zero-order chi connectivity index (χ0) is 17.7. The molecule has 0 heterocycles. The first-order chi connectivity index (χ1) is 12.1. The second-order valence-corrected chi connectivity index (χ2v) is 7.47. The van der Waals surface area contributed by atoms with Crippen LogP contribution in [-0.4, -0.2) is 24.9 Å². The summed E-state index contributed by atoms with van der Waals surface area (Å²) in [5.74, 6) is -0.315. The highest BCUT2D eigenvalue weighted by Crippen LogP contribution is 2.40. The molecule has 4 nitrogen and oxygen atoms in total. The van der Waals surface area contributed by atoms with Crippen molar-refractivity contribution in [2.75, 3.05) is 13.1 Å². The monoisotopic (exact) mass is 346 g/mol. The highest BCUT2D eigenvalue weighted by Gasteiger charge is 2.36. The first-order valence-electron chi connectivity index (χ1n) is 9.40. The number of amides is 2. The van der Waals surface area contributed by atoms with Crippen LogP contribution in [0.3, 0.4) is 0 Å². The van der Waals surface area contributed by atoms with Crippen molar-refractivity contribution < 1.29 is 14.0 Å². The van der Waals surface area contributed by atoms with Crippen LogP contribution >= 0.6 is 0 Å². The lowest BCUT2D eigenvalue weighted by Crippen LogP contribution is -2.44. The normalized spacial score (nSPS) is 19.7. The van der Waals surface area contributed by atoms with Crippen molar-refractivity contribution in [1.29, 1.82) is 0 Å². The average molecular weight is 346 g/mol. The fraction of sp³-hybridized carbons (Fsp3) is 0.600. The maximum atomic E-state index is 13.2. The van der Waals surface area contributed by atoms with Gasteiger partial charge in [0, 0.05) is 17.9 Å². The first kappa shape index (κ1) is 17.9. The van der Waals surface area contributed by atoms with E-state index < -0.39 is 0 Å². The molecule has 0 unspecified atom stereocenters. The van der Waals surface area contributed by atoms with E-state index in [1.54, 1.807) is 0 Å². The molecule has 2 aliphatic carbocycles. The Hall–Kier alpha value is -1.91. The third-order valence-corrected chi connectivity index (χ3v) is 5.79. The Morgan fingerprint density at radius 2 is 1.64 bits per heavy atom. The van der Waals surface area contributed by atoms with Gasteiger partial charge in [-0.3, -0.25) is 9.59 Å². The second-order valence-electron chi connectivity index (χ2n) is 7.47. The number of carbonyl (C=O) groups is 2. The third-order valence-electron chi connectivity index (χ3n) is 5.79. The smallest absolute Gasteiger partial charge is 0.239 e. The van der Waals surface area contributed by atoms with E-state index in [0.29, 0.717) is 6.54 Å². The van der Waals surface area contributed by atoms with Crippen molar-refractivity contribution >= 4 is 11.8 Å². The van der Waals surface area contributed by atoms with Crippen molar-refractivity contribution in [3.05, 3.63) is 35.6 Å². The van der Waals surface area contributed by atoms with E-state index in [9.17, 15) is 14.0 Å². The summed E-state index contributed by atoms with van der Waals surface area (Å²) in [4.78, 5) is 24.2. The Balaban J connectivity index is 1.52. The van der Waals surface area contributed by atoms with Crippen LogP contribution in [0.25, 0.3) is 0 Å². The van der Waals surface area contributed by atoms with Gasteiger partial charge in [0.2, 0.25) is 11.8 Å². The SMILES string of the molecule is O=C(CNC(=O)C1CCCC1)NCC1(c2ccc(F)cc2)CCCC1. The van der Waals surface area contributed by atoms with Gasteiger partial charge in [-0.1, -0.05) is 37.8 Å². The summed E-state index contributed by atoms with van der Waals surface area (Å²) in [7, 11) is 0. The van der Waals surface area contributed by atoms with E-state index in [1.165, 1.54) is 12.1 Å². The zero-order valence-electron chi connectivity index (χ0n) is 14.7. The minimum atomic E-state index is -0.240. The number of nitrogens with one attached hydrogen (secondary N) is 2. The summed E-state index contributed by atoms with van der Waals surface area (Å²) in [6, 6.07) is 6.63. The minimum Gasteiger partial charge on any atom is -0.354 e. The molecule has 0 atom stereocenters. The number of hydrogen-bond donors (Lipinski definition) is 2. The molecule has 1 aromatic rings. The van der Waals surface area contributed by atoms with E-state index in [4.69, 9.17) is 0 Å². The van der Waals surface area contributed by atoms with Crippen molar-refractivity contribution in [1.82, 2.24) is 10.6 Å². The van der Waals surface area contributed by atoms with Crippen LogP contribution in [0.1, 0.15) is 56.9 Å². The van der Waals surface area contributed by atoms with Gasteiger partial charge in [0.15, 0.2) is 0 Å². The predicted octanol–water partition coefficient (Wildman–Crippen LogP) is 3.06. The Kier molecular flexibility index (Phi) is 5.71. The number of rotatable bonds is 6. The number of benzene rings is 1. The maximum absolute atomic E-state index is 13.2. The van der Waals surface area contributed by atoms with Crippen LogP contribution in [0.5, 0.6) is 0 Å². The Bertz CT molecular complexity index is 603. The first-order valence-corrected chi connectivity index (χ1v) is 9.40. The van der Waals surface area contributed by atoms with Gasteiger partial charge in [-0.25, -0.2) is 4.39 Å². The number of halogens is 1. The quantitative estimate of drug-likeness (QED) is 0.832. The van der Waals surface area contributed by atoms with Gasteiger partial charge in [-0.15, -0.1) is 0 Å². The molecule has 2 amide bonds. The second kappa shape index (κ2) is 7.98. The molecule has 2 saturated carbocycles. The van der Waals surface area contributed by atoms with E-state index in [2.05, 4.69) is 10.6 Å². The molecule has 3 rings (SSSR count). The van der Waals surface area contributed by atoms with Crippen LogP contribution in [0, 0.1) is 11.7 Å². The van der Waals surface area contributed by atoms with Gasteiger partial charge < -0.3 is 10.6 Å². The predicted molar refractivity (Wildman–Crippen MR) is 94.5 cm³/mol. The average Bonchev–Trinajstić information content (AvgIpc) is 3.31. The summed E-state index contributed by atoms with van der Waals surface area (Å²) >= 11 is 0. The molecule has 1 aromatic carbocycles. The highest BCUT2D eigenvalue weighted by molar-refractivity contribution is 5.85. The van der Waals surface area contributed by atoms with Gasteiger partial charge in [-0.05, 0) is 43.4 Å². The van der Waals surface area contributed by atoms with Gasteiger partial charge in [0.25, 0.3) is 0 Å². The Morgan fingerprint density at radius 1 is 1.00 bits per heavy atom. The molecule has 0 aromatic heterocycles. The Labute approximate surface area is 148 Å². The van der Waals surface area contributed by atoms with Crippen molar-refractivity contribution in [2.24, 2.45) is 5.92 Å². The van der Waals surface area contributed by atoms with Crippen molar-refractivity contribution in [3.8, 4) is 0 Å². The van der Waals surface area contributed by atoms with Crippen LogP contribution < -0.4 is 10.6 Å². The lowest BCUT2D eigenvalue weighted by molar-refractivity contribution is -0.128. The van der Waals surface area contributed by atoms with E-state index in [0.717, 1.165) is 56.9 Å². The third kappa shape index (κ3) is 4.39. The molecular weight excluding hydrogens is 319 g/mol. The lowest BCUT2D eigenvalue weighted by Gasteiger charge is -2.30. The van der Waals surface area contributed by atoms with Crippen molar-refractivity contribution in [2.45, 2.75) is 56.8 Å². The number of carbonyl (C=O) groups excluding carboxylic acids is 2. The standard InChI is InChI=1S/C20H27FN2O2/c21-17-9-7-16(8-10-17)20(11-3-4-12-20)14-23-18(24)13-22-19(25)15-5-1-2-6-15/h7-10,15H,1-6,11-14H2,(H,22,25)(H,23,24). The Morgan fingerprint density at radius 3 is 2.28 bits per heavy atom. The summed E-state index contributed by atoms with van der Waals surface area (Å²) in [6.07, 6.45) is 8.29. The molecule has 2 N–H and O–H groups in total. The van der Waals surface area contributed by atoms with Crippen LogP contribution in [0.15, 0.2) is 24.3 Å². The number of hydrogen-bond acceptors (Lipinski definition) is 2. The molecule has 2 aliphatic rings. The topological polar surface area (TPSA) is 58.2 Å². The zero-order valence-corrected chi connectivity index (χ0v) is 14.7. The van der Waals surface area contributed by atoms with E-state index >= 15 is 0 Å².